The quantitative estimate of drug-likeness (QED) is 0.749. The van der Waals surface area contributed by atoms with E-state index in [1.807, 2.05) is 13.8 Å². The molecule has 0 bridgehead atoms. The fraction of sp³-hybridized carbons (Fsp3) is 0.500. The molecule has 5 radical (unpaired) electrons. The molecule has 1 heterocycles. The second kappa shape index (κ2) is 6.23. The zero-order valence-corrected chi connectivity index (χ0v) is 11.6. The molecule has 0 saturated heterocycles. The summed E-state index contributed by atoms with van der Waals surface area (Å²) in [6, 6.07) is 0.0282. The Hall–Kier alpha value is -1.27. The third-order valence-corrected chi connectivity index (χ3v) is 3.17. The van der Waals surface area contributed by atoms with Crippen LogP contribution in [0.5, 0.6) is 0 Å². The molecule has 21 heavy (non-hydrogen) atoms. The Morgan fingerprint density at radius 2 is 2.19 bits per heavy atom. The number of nitrogens with zero attached hydrogens (tertiary/aromatic N) is 1. The molecule has 2 aliphatic rings. The summed E-state index contributed by atoms with van der Waals surface area (Å²) in [5.41, 5.74) is 0. The first-order valence-corrected chi connectivity index (χ1v) is 6.48. The Labute approximate surface area is 121 Å². The molecule has 1 saturated carbocycles. The molecule has 0 aromatic rings. The lowest BCUT2D eigenvalue weighted by Crippen LogP contribution is -2.29. The molecule has 0 aromatic heterocycles. The molecule has 0 amide bonds. The van der Waals surface area contributed by atoms with Gasteiger partial charge in [0.05, 0.1) is 18.6 Å². The zero-order chi connectivity index (χ0) is 15.6. The van der Waals surface area contributed by atoms with E-state index in [1.165, 1.54) is 0 Å². The smallest absolute Gasteiger partial charge is 0.478 e. The van der Waals surface area contributed by atoms with E-state index in [0.717, 1.165) is 0 Å². The van der Waals surface area contributed by atoms with Crippen LogP contribution in [0, 0.1) is 37.0 Å². The van der Waals surface area contributed by atoms with E-state index in [-0.39, 0.29) is 6.04 Å². The lowest BCUT2D eigenvalue weighted by Gasteiger charge is -2.17. The first-order chi connectivity index (χ1) is 9.79. The fourth-order valence-corrected chi connectivity index (χ4v) is 1.90. The summed E-state index contributed by atoms with van der Waals surface area (Å²) >= 11 is 0. The predicted molar refractivity (Wildman–Crippen MR) is 68.4 cm³/mol. The van der Waals surface area contributed by atoms with Gasteiger partial charge in [-0.1, -0.05) is 13.8 Å². The van der Waals surface area contributed by atoms with Crippen molar-refractivity contribution in [3.8, 4) is 0 Å². The summed E-state index contributed by atoms with van der Waals surface area (Å²) < 4.78 is 46.0. The summed E-state index contributed by atoms with van der Waals surface area (Å²) in [4.78, 5) is 15.1. The van der Waals surface area contributed by atoms with Crippen LogP contribution < -0.4 is 0 Å². The number of carbonyl (C=O) groups is 1. The molecule has 1 atom stereocenters. The molecule has 1 aliphatic heterocycles. The maximum atomic E-state index is 12.1. The Morgan fingerprint density at radius 1 is 1.48 bits per heavy atom. The molecule has 1 aliphatic carbocycles. The van der Waals surface area contributed by atoms with Gasteiger partial charge in [0.15, 0.2) is 5.90 Å². The number of halogens is 3. The number of carbonyl (C=O) groups excluding carboxylic acids is 1. The Bertz CT molecular complexity index is 420. The number of hydrogen-bond acceptors (Lipinski definition) is 4. The van der Waals surface area contributed by atoms with Gasteiger partial charge in [0.1, 0.15) is 6.61 Å². The normalized spacial score (nSPS) is 24.3. The third-order valence-electron chi connectivity index (χ3n) is 3.17. The van der Waals surface area contributed by atoms with E-state index in [0.29, 0.717) is 30.3 Å². The van der Waals surface area contributed by atoms with Crippen molar-refractivity contribution in [1.29, 1.82) is 0 Å². The van der Waals surface area contributed by atoms with E-state index in [1.54, 1.807) is 19.3 Å². The van der Waals surface area contributed by atoms with Crippen LogP contribution in [0.1, 0.15) is 13.8 Å². The van der Waals surface area contributed by atoms with Gasteiger partial charge in [0.2, 0.25) is 0 Å². The van der Waals surface area contributed by atoms with E-state index in [2.05, 4.69) is 9.73 Å². The maximum absolute atomic E-state index is 12.1. The molecule has 4 nitrogen and oxygen atoms in total. The highest BCUT2D eigenvalue weighted by atomic mass is 19.4. The van der Waals surface area contributed by atoms with Gasteiger partial charge in [-0.2, -0.15) is 13.2 Å². The van der Waals surface area contributed by atoms with Gasteiger partial charge in [-0.25, -0.2) is 9.79 Å². The highest BCUT2D eigenvalue weighted by Crippen LogP contribution is 2.37. The van der Waals surface area contributed by atoms with Crippen molar-refractivity contribution < 1.29 is 27.4 Å². The first kappa shape index (κ1) is 16.1. The number of aliphatic imine (C=N–C) groups is 1. The third kappa shape index (κ3) is 3.89. The number of alkyl halides is 3. The van der Waals surface area contributed by atoms with E-state index < -0.39 is 18.8 Å². The number of ether oxygens (including phenoxy) is 2. The van der Waals surface area contributed by atoms with Crippen molar-refractivity contribution >= 4 is 11.9 Å². The van der Waals surface area contributed by atoms with Crippen LogP contribution in [-0.4, -0.2) is 37.3 Å². The summed E-state index contributed by atoms with van der Waals surface area (Å²) in [5.74, 6) is -0.506. The minimum Gasteiger partial charge on any atom is -0.478 e. The molecular formula is C14H15F3NO3. The number of rotatable bonds is 4. The topological polar surface area (TPSA) is 47.9 Å². The van der Waals surface area contributed by atoms with Crippen LogP contribution in [-0.2, 0) is 14.3 Å². The van der Waals surface area contributed by atoms with E-state index >= 15 is 0 Å². The minimum absolute atomic E-state index is 0.0282. The Balaban J connectivity index is 1.92. The molecule has 0 aromatic carbocycles. The highest BCUT2D eigenvalue weighted by molar-refractivity contribution is 5.98. The van der Waals surface area contributed by atoms with Crippen molar-refractivity contribution in [2.75, 3.05) is 13.2 Å². The van der Waals surface area contributed by atoms with Gasteiger partial charge in [0.25, 0.3) is 0 Å². The zero-order valence-electron chi connectivity index (χ0n) is 11.6. The molecule has 0 spiro atoms. The molecule has 0 unspecified atom stereocenters. The summed E-state index contributed by atoms with van der Waals surface area (Å²) in [6.07, 6.45) is -0.0800. The van der Waals surface area contributed by atoms with Crippen molar-refractivity contribution in [1.82, 2.24) is 0 Å². The van der Waals surface area contributed by atoms with Crippen LogP contribution in [0.2, 0.25) is 0 Å². The second-order valence-electron chi connectivity index (χ2n) is 5.10. The summed E-state index contributed by atoms with van der Waals surface area (Å²) in [5, 5.41) is 0. The second-order valence-corrected chi connectivity index (χ2v) is 5.10. The average molecular weight is 302 g/mol. The number of esters is 1. The average Bonchev–Trinajstić information content (AvgIpc) is 3.02. The lowest BCUT2D eigenvalue weighted by molar-refractivity contribution is -0.199. The lowest BCUT2D eigenvalue weighted by atomic mass is 9.96. The van der Waals surface area contributed by atoms with Gasteiger partial charge in [-0.3, -0.25) is 0 Å². The largest absolute Gasteiger partial charge is 0.490 e. The molecule has 0 N–H and O–H groups in total. The van der Waals surface area contributed by atoms with Gasteiger partial charge in [-0.05, 0) is 25.2 Å². The Kier molecular flexibility index (Phi) is 4.78. The minimum atomic E-state index is -4.99. The van der Waals surface area contributed by atoms with Gasteiger partial charge >= 0.3 is 12.1 Å². The summed E-state index contributed by atoms with van der Waals surface area (Å²) in [6.45, 7) is 4.00. The Morgan fingerprint density at radius 3 is 2.76 bits per heavy atom. The predicted octanol–water partition coefficient (Wildman–Crippen LogP) is 2.32. The first-order valence-electron chi connectivity index (χ1n) is 6.48. The van der Waals surface area contributed by atoms with Gasteiger partial charge in [0, 0.05) is 5.92 Å². The van der Waals surface area contributed by atoms with Crippen LogP contribution in [0.4, 0.5) is 13.2 Å². The van der Waals surface area contributed by atoms with Crippen molar-refractivity contribution in [3.05, 3.63) is 31.1 Å². The van der Waals surface area contributed by atoms with Crippen molar-refractivity contribution in [2.24, 2.45) is 10.9 Å². The fourth-order valence-electron chi connectivity index (χ4n) is 1.90. The van der Waals surface area contributed by atoms with Crippen LogP contribution >= 0.6 is 0 Å². The van der Waals surface area contributed by atoms with E-state index in [4.69, 9.17) is 4.74 Å². The molecule has 2 rings (SSSR count). The SMILES string of the molecule is CC(C)[C@H]1COC([C]2[CH][CH][CH][C]2COC(=O)C(F)(F)F)=N1. The number of hydrogen-bond donors (Lipinski definition) is 0. The standard InChI is InChI=1S/C14H15F3NO3/c1-8(2)11-7-20-12(18-11)10-5-3-4-9(10)6-21-13(19)14(15,16)17/h3-5,8,11H,6-7H2,1-2H3/t11-/m1/s1. The van der Waals surface area contributed by atoms with Crippen LogP contribution in [0.3, 0.4) is 0 Å². The molecule has 7 heteroatoms. The maximum Gasteiger partial charge on any atom is 0.490 e. The monoisotopic (exact) mass is 302 g/mol. The molecular weight excluding hydrogens is 287 g/mol. The highest BCUT2D eigenvalue weighted by Gasteiger charge is 2.43. The molecule has 115 valence electrons. The van der Waals surface area contributed by atoms with Crippen molar-refractivity contribution in [3.63, 3.8) is 0 Å². The molecule has 1 fully saturated rings. The van der Waals surface area contributed by atoms with E-state index in [9.17, 15) is 18.0 Å². The van der Waals surface area contributed by atoms with Gasteiger partial charge < -0.3 is 9.47 Å². The van der Waals surface area contributed by atoms with Crippen molar-refractivity contribution in [2.45, 2.75) is 26.1 Å². The van der Waals surface area contributed by atoms with Crippen LogP contribution in [0.15, 0.2) is 4.99 Å². The van der Waals surface area contributed by atoms with Gasteiger partial charge in [-0.15, -0.1) is 0 Å². The van der Waals surface area contributed by atoms with Crippen LogP contribution in [0.25, 0.3) is 0 Å². The summed E-state index contributed by atoms with van der Waals surface area (Å²) in [7, 11) is 0.